The second-order valence-electron chi connectivity index (χ2n) is 7.67. The van der Waals surface area contributed by atoms with Gasteiger partial charge in [-0.2, -0.15) is 0 Å². The molecule has 0 radical (unpaired) electrons. The van der Waals surface area contributed by atoms with Gasteiger partial charge in [0.1, 0.15) is 5.75 Å². The van der Waals surface area contributed by atoms with Crippen LogP contribution in [0.15, 0.2) is 60.9 Å². The molecule has 3 aromatic rings. The van der Waals surface area contributed by atoms with Crippen LogP contribution in [-0.4, -0.2) is 29.0 Å². The highest BCUT2D eigenvalue weighted by Gasteiger charge is 2.27. The zero-order valence-corrected chi connectivity index (χ0v) is 18.2. The molecule has 1 aliphatic rings. The lowest BCUT2D eigenvalue weighted by atomic mass is 9.96. The maximum Gasteiger partial charge on any atom is 0.263 e. The first kappa shape index (κ1) is 21.1. The number of ether oxygens (including phenoxy) is 1. The molecule has 1 amide bonds. The van der Waals surface area contributed by atoms with Crippen molar-refractivity contribution in [1.82, 2.24) is 15.3 Å². The fourth-order valence-electron chi connectivity index (χ4n) is 3.72. The van der Waals surface area contributed by atoms with E-state index in [0.717, 1.165) is 29.7 Å². The maximum absolute atomic E-state index is 12.6. The van der Waals surface area contributed by atoms with Crippen molar-refractivity contribution in [2.75, 3.05) is 18.0 Å². The smallest absolute Gasteiger partial charge is 0.263 e. The molecule has 1 fully saturated rings. The molecule has 0 aliphatic carbocycles. The highest BCUT2D eigenvalue weighted by Crippen LogP contribution is 2.31. The van der Waals surface area contributed by atoms with E-state index in [4.69, 9.17) is 16.3 Å². The number of carbonyl (C=O) groups is 1. The summed E-state index contributed by atoms with van der Waals surface area (Å²) in [6.07, 6.45) is 4.79. The van der Waals surface area contributed by atoms with E-state index >= 15 is 0 Å². The average molecular weight is 437 g/mol. The van der Waals surface area contributed by atoms with E-state index in [1.165, 1.54) is 0 Å². The van der Waals surface area contributed by atoms with Crippen LogP contribution < -0.4 is 15.0 Å². The van der Waals surface area contributed by atoms with Gasteiger partial charge in [-0.3, -0.25) is 4.79 Å². The van der Waals surface area contributed by atoms with Gasteiger partial charge in [0, 0.05) is 43.0 Å². The largest absolute Gasteiger partial charge is 0.436 e. The third-order valence-electron chi connectivity index (χ3n) is 5.43. The highest BCUT2D eigenvalue weighted by molar-refractivity contribution is 6.31. The van der Waals surface area contributed by atoms with Crippen LogP contribution in [0, 0.1) is 12.8 Å². The molecule has 2 heterocycles. The first-order chi connectivity index (χ1) is 15.1. The monoisotopic (exact) mass is 436 g/mol. The van der Waals surface area contributed by atoms with E-state index in [9.17, 15) is 4.79 Å². The third kappa shape index (κ3) is 5.33. The molecular formula is C24H25ClN4O2. The van der Waals surface area contributed by atoms with Crippen molar-refractivity contribution < 1.29 is 9.53 Å². The number of hydrogen-bond acceptors (Lipinski definition) is 5. The number of aromatic nitrogens is 2. The number of nitrogens with zero attached hydrogens (tertiary/aromatic N) is 3. The summed E-state index contributed by atoms with van der Waals surface area (Å²) >= 11 is 6.18. The van der Waals surface area contributed by atoms with Gasteiger partial charge in [-0.1, -0.05) is 41.9 Å². The van der Waals surface area contributed by atoms with Gasteiger partial charge in [0.2, 0.25) is 5.91 Å². The number of anilines is 1. The summed E-state index contributed by atoms with van der Waals surface area (Å²) < 4.78 is 6.01. The summed E-state index contributed by atoms with van der Waals surface area (Å²) in [5.41, 5.74) is 2.04. The van der Waals surface area contributed by atoms with Gasteiger partial charge < -0.3 is 15.0 Å². The average Bonchev–Trinajstić information content (AvgIpc) is 2.79. The van der Waals surface area contributed by atoms with Crippen molar-refractivity contribution in [3.63, 3.8) is 0 Å². The molecule has 0 saturated carbocycles. The van der Waals surface area contributed by atoms with Gasteiger partial charge in [0.05, 0.1) is 0 Å². The molecular weight excluding hydrogens is 412 g/mol. The number of benzene rings is 2. The van der Waals surface area contributed by atoms with E-state index in [-0.39, 0.29) is 11.8 Å². The second-order valence-corrected chi connectivity index (χ2v) is 8.08. The molecule has 0 bridgehead atoms. The van der Waals surface area contributed by atoms with E-state index in [2.05, 4.69) is 20.2 Å². The van der Waals surface area contributed by atoms with Crippen LogP contribution in [0.1, 0.15) is 24.0 Å². The standard InChI is InChI=1S/C24H25ClN4O2/c1-17-5-4-7-20(15-17)31-24-22(26-11-12-27-24)29-13-9-18(10-14-29)23(30)28-16-19-6-2-3-8-21(19)25/h2-8,11-12,15,18H,9-10,13-14,16H2,1H3,(H,28,30). The molecule has 1 aromatic heterocycles. The molecule has 6 nitrogen and oxygen atoms in total. The summed E-state index contributed by atoms with van der Waals surface area (Å²) in [7, 11) is 0. The number of aryl methyl sites for hydroxylation is 1. The fourth-order valence-corrected chi connectivity index (χ4v) is 3.92. The van der Waals surface area contributed by atoms with E-state index in [0.29, 0.717) is 36.4 Å². The lowest BCUT2D eigenvalue weighted by Crippen LogP contribution is -2.40. The second kappa shape index (κ2) is 9.79. The number of carbonyl (C=O) groups excluding carboxylic acids is 1. The van der Waals surface area contributed by atoms with Crippen molar-refractivity contribution in [3.05, 3.63) is 77.1 Å². The van der Waals surface area contributed by atoms with E-state index < -0.39 is 0 Å². The number of rotatable bonds is 6. The van der Waals surface area contributed by atoms with Gasteiger partial charge in [-0.15, -0.1) is 0 Å². The normalized spacial score (nSPS) is 14.3. The maximum atomic E-state index is 12.6. The van der Waals surface area contributed by atoms with Crippen LogP contribution >= 0.6 is 11.6 Å². The quantitative estimate of drug-likeness (QED) is 0.603. The molecule has 2 aromatic carbocycles. The van der Waals surface area contributed by atoms with Crippen molar-refractivity contribution in [1.29, 1.82) is 0 Å². The number of hydrogen-bond donors (Lipinski definition) is 1. The predicted octanol–water partition coefficient (Wildman–Crippen LogP) is 4.76. The van der Waals surface area contributed by atoms with Crippen LogP contribution in [0.5, 0.6) is 11.6 Å². The Kier molecular flexibility index (Phi) is 6.67. The van der Waals surface area contributed by atoms with Crippen molar-refractivity contribution in [2.24, 2.45) is 5.92 Å². The highest BCUT2D eigenvalue weighted by atomic mass is 35.5. The summed E-state index contributed by atoms with van der Waals surface area (Å²) in [5, 5.41) is 3.69. The van der Waals surface area contributed by atoms with Crippen LogP contribution in [0.3, 0.4) is 0 Å². The zero-order valence-electron chi connectivity index (χ0n) is 17.4. The van der Waals surface area contributed by atoms with Gasteiger partial charge in [-0.25, -0.2) is 9.97 Å². The molecule has 7 heteroatoms. The van der Waals surface area contributed by atoms with Crippen LogP contribution in [0.25, 0.3) is 0 Å². The third-order valence-corrected chi connectivity index (χ3v) is 5.80. The minimum Gasteiger partial charge on any atom is -0.436 e. The van der Waals surface area contributed by atoms with Crippen molar-refractivity contribution >= 4 is 23.3 Å². The summed E-state index contributed by atoms with van der Waals surface area (Å²) in [5.74, 6) is 1.95. The molecule has 0 atom stereocenters. The lowest BCUT2D eigenvalue weighted by molar-refractivity contribution is -0.125. The molecule has 1 saturated heterocycles. The predicted molar refractivity (Wildman–Crippen MR) is 122 cm³/mol. The topological polar surface area (TPSA) is 67.4 Å². The minimum atomic E-state index is -0.0310. The van der Waals surface area contributed by atoms with Crippen molar-refractivity contribution in [2.45, 2.75) is 26.3 Å². The number of halogens is 1. The molecule has 31 heavy (non-hydrogen) atoms. The Labute approximate surface area is 187 Å². The van der Waals surface area contributed by atoms with Crippen LogP contribution in [0.4, 0.5) is 5.82 Å². The summed E-state index contributed by atoms with van der Waals surface area (Å²) in [6.45, 7) is 3.89. The molecule has 160 valence electrons. The lowest BCUT2D eigenvalue weighted by Gasteiger charge is -2.32. The Morgan fingerprint density at radius 3 is 2.68 bits per heavy atom. The Morgan fingerprint density at radius 2 is 1.90 bits per heavy atom. The Bertz CT molecular complexity index is 1050. The number of amides is 1. The molecule has 0 spiro atoms. The fraction of sp³-hybridized carbons (Fsp3) is 0.292. The number of piperidine rings is 1. The van der Waals surface area contributed by atoms with Crippen molar-refractivity contribution in [3.8, 4) is 11.6 Å². The first-order valence-electron chi connectivity index (χ1n) is 10.4. The van der Waals surface area contributed by atoms with Gasteiger partial charge >= 0.3 is 0 Å². The minimum absolute atomic E-state index is 0.0310. The molecule has 1 aliphatic heterocycles. The first-order valence-corrected chi connectivity index (χ1v) is 10.8. The Hall–Kier alpha value is -3.12. The Morgan fingerprint density at radius 1 is 1.13 bits per heavy atom. The van der Waals surface area contributed by atoms with Crippen LogP contribution in [0.2, 0.25) is 5.02 Å². The van der Waals surface area contributed by atoms with Gasteiger partial charge in [0.25, 0.3) is 5.88 Å². The summed E-state index contributed by atoms with van der Waals surface area (Å²) in [4.78, 5) is 23.7. The van der Waals surface area contributed by atoms with Gasteiger partial charge in [0.15, 0.2) is 5.82 Å². The molecule has 0 unspecified atom stereocenters. The van der Waals surface area contributed by atoms with Crippen LogP contribution in [-0.2, 0) is 11.3 Å². The molecule has 1 N–H and O–H groups in total. The van der Waals surface area contributed by atoms with E-state index in [1.807, 2.05) is 55.5 Å². The SMILES string of the molecule is Cc1cccc(Oc2nccnc2N2CCC(C(=O)NCc3ccccc3Cl)CC2)c1. The van der Waals surface area contributed by atoms with E-state index in [1.54, 1.807) is 12.4 Å². The van der Waals surface area contributed by atoms with Gasteiger partial charge in [-0.05, 0) is 49.1 Å². The molecule has 4 rings (SSSR count). The summed E-state index contributed by atoms with van der Waals surface area (Å²) in [6, 6.07) is 15.4. The Balaban J connectivity index is 1.35. The number of nitrogens with one attached hydrogen (secondary N) is 1. The zero-order chi connectivity index (χ0) is 21.6.